The van der Waals surface area contributed by atoms with E-state index >= 15 is 0 Å². The van der Waals surface area contributed by atoms with E-state index in [1.165, 1.54) is 12.8 Å². The summed E-state index contributed by atoms with van der Waals surface area (Å²) in [5.41, 5.74) is 0. The zero-order chi connectivity index (χ0) is 13.9. The first-order valence-corrected chi connectivity index (χ1v) is 9.26. The van der Waals surface area contributed by atoms with Crippen LogP contribution in [0.3, 0.4) is 0 Å². The molecule has 19 heavy (non-hydrogen) atoms. The molecule has 0 aromatic carbocycles. The minimum Gasteiger partial charge on any atom is -0.313 e. The van der Waals surface area contributed by atoms with E-state index in [-0.39, 0.29) is 11.3 Å². The van der Waals surface area contributed by atoms with Gasteiger partial charge in [0.25, 0.3) is 0 Å². The summed E-state index contributed by atoms with van der Waals surface area (Å²) in [4.78, 5) is 0. The van der Waals surface area contributed by atoms with Crippen LogP contribution in [0.15, 0.2) is 0 Å². The van der Waals surface area contributed by atoms with Gasteiger partial charge in [-0.3, -0.25) is 0 Å². The molecule has 0 spiro atoms. The average Bonchev–Trinajstić information content (AvgIpc) is 2.91. The maximum atomic E-state index is 12.7. The Morgan fingerprint density at radius 1 is 1.11 bits per heavy atom. The number of nitrogens with one attached hydrogen (secondary N) is 1. The fraction of sp³-hybridized carbons (Fsp3) is 1.00. The van der Waals surface area contributed by atoms with E-state index in [2.05, 4.69) is 5.32 Å². The van der Waals surface area contributed by atoms with Crippen LogP contribution in [0.4, 0.5) is 0 Å². The number of hydrogen-bond donors (Lipinski definition) is 1. The van der Waals surface area contributed by atoms with Crippen molar-refractivity contribution in [1.29, 1.82) is 0 Å². The molecule has 0 bridgehead atoms. The van der Waals surface area contributed by atoms with Crippen LogP contribution < -0.4 is 5.32 Å². The van der Waals surface area contributed by atoms with Crippen LogP contribution in [0.1, 0.15) is 58.8 Å². The second-order valence-electron chi connectivity index (χ2n) is 6.26. The molecule has 0 aromatic heterocycles. The van der Waals surface area contributed by atoms with Crippen LogP contribution in [0.2, 0.25) is 0 Å². The fourth-order valence-electron chi connectivity index (χ4n) is 3.28. The lowest BCUT2D eigenvalue weighted by atomic mass is 10.1. The van der Waals surface area contributed by atoms with Gasteiger partial charge in [-0.1, -0.05) is 19.3 Å². The van der Waals surface area contributed by atoms with Crippen molar-refractivity contribution in [2.75, 3.05) is 13.1 Å². The summed E-state index contributed by atoms with van der Waals surface area (Å²) in [7, 11) is -3.11. The van der Waals surface area contributed by atoms with Gasteiger partial charge in [0.2, 0.25) is 10.0 Å². The Morgan fingerprint density at radius 2 is 1.74 bits per heavy atom. The maximum Gasteiger partial charge on any atom is 0.217 e. The summed E-state index contributed by atoms with van der Waals surface area (Å²) < 4.78 is 27.2. The van der Waals surface area contributed by atoms with Gasteiger partial charge in [0.15, 0.2) is 0 Å². The van der Waals surface area contributed by atoms with Gasteiger partial charge in [-0.15, -0.1) is 0 Å². The van der Waals surface area contributed by atoms with Crippen molar-refractivity contribution < 1.29 is 8.42 Å². The van der Waals surface area contributed by atoms with E-state index in [9.17, 15) is 8.42 Å². The predicted molar refractivity (Wildman–Crippen MR) is 78.7 cm³/mol. The van der Waals surface area contributed by atoms with Gasteiger partial charge in [-0.05, 0) is 46.1 Å². The molecule has 112 valence electrons. The molecule has 1 saturated carbocycles. The molecule has 0 radical (unpaired) electrons. The molecule has 1 unspecified atom stereocenters. The minimum absolute atomic E-state index is 0.0642. The van der Waals surface area contributed by atoms with Crippen molar-refractivity contribution in [3.63, 3.8) is 0 Å². The second-order valence-corrected chi connectivity index (χ2v) is 8.43. The molecule has 1 heterocycles. The van der Waals surface area contributed by atoms with Crippen LogP contribution >= 0.6 is 0 Å². The predicted octanol–water partition coefficient (Wildman–Crippen LogP) is 2.11. The molecule has 1 atom stereocenters. The van der Waals surface area contributed by atoms with Crippen molar-refractivity contribution in [3.05, 3.63) is 0 Å². The summed E-state index contributed by atoms with van der Waals surface area (Å²) in [5, 5.41) is 3.33. The van der Waals surface area contributed by atoms with Crippen LogP contribution in [0.25, 0.3) is 0 Å². The van der Waals surface area contributed by atoms with E-state index in [1.807, 2.05) is 13.8 Å². The van der Waals surface area contributed by atoms with Crippen molar-refractivity contribution in [2.45, 2.75) is 76.1 Å². The topological polar surface area (TPSA) is 49.4 Å². The molecule has 2 rings (SSSR count). The first-order valence-electron chi connectivity index (χ1n) is 7.76. The molecule has 1 aliphatic heterocycles. The Kier molecular flexibility index (Phi) is 5.26. The van der Waals surface area contributed by atoms with Crippen molar-refractivity contribution in [3.8, 4) is 0 Å². The van der Waals surface area contributed by atoms with Gasteiger partial charge < -0.3 is 5.32 Å². The van der Waals surface area contributed by atoms with Gasteiger partial charge in [0.05, 0.1) is 5.25 Å². The highest BCUT2D eigenvalue weighted by Crippen LogP contribution is 2.28. The Labute approximate surface area is 118 Å². The molecule has 5 heteroatoms. The third-order valence-corrected chi connectivity index (χ3v) is 6.98. The highest BCUT2D eigenvalue weighted by molar-refractivity contribution is 7.89. The molecular formula is C14H28N2O2S. The van der Waals surface area contributed by atoms with Gasteiger partial charge in [0, 0.05) is 18.6 Å². The summed E-state index contributed by atoms with van der Waals surface area (Å²) in [6.45, 7) is 5.67. The smallest absolute Gasteiger partial charge is 0.217 e. The Hall–Kier alpha value is -0.130. The van der Waals surface area contributed by atoms with Crippen LogP contribution in [-0.4, -0.2) is 43.1 Å². The van der Waals surface area contributed by atoms with E-state index < -0.39 is 10.0 Å². The molecule has 1 N–H and O–H groups in total. The molecule has 4 nitrogen and oxygen atoms in total. The first-order chi connectivity index (χ1) is 9.01. The van der Waals surface area contributed by atoms with Crippen molar-refractivity contribution in [1.82, 2.24) is 9.62 Å². The van der Waals surface area contributed by atoms with Crippen molar-refractivity contribution >= 4 is 10.0 Å². The Balaban J connectivity index is 2.05. The summed E-state index contributed by atoms with van der Waals surface area (Å²) in [6, 6.07) is 0.404. The molecular weight excluding hydrogens is 260 g/mol. The summed E-state index contributed by atoms with van der Waals surface area (Å²) in [5.74, 6) is 0. The number of nitrogens with zero attached hydrogens (tertiary/aromatic N) is 1. The molecule has 2 aliphatic rings. The fourth-order valence-corrected chi connectivity index (χ4v) is 5.57. The zero-order valence-corrected chi connectivity index (χ0v) is 13.1. The van der Waals surface area contributed by atoms with Gasteiger partial charge in [0.1, 0.15) is 0 Å². The number of sulfonamides is 1. The summed E-state index contributed by atoms with van der Waals surface area (Å²) >= 11 is 0. The molecule has 1 aliphatic carbocycles. The Morgan fingerprint density at radius 3 is 2.26 bits per heavy atom. The van der Waals surface area contributed by atoms with Crippen LogP contribution in [0.5, 0.6) is 0 Å². The first kappa shape index (κ1) is 15.3. The highest BCUT2D eigenvalue weighted by atomic mass is 32.2. The van der Waals surface area contributed by atoms with Crippen LogP contribution in [0, 0.1) is 0 Å². The van der Waals surface area contributed by atoms with Crippen LogP contribution in [-0.2, 0) is 10.0 Å². The second kappa shape index (κ2) is 6.55. The lowest BCUT2D eigenvalue weighted by Crippen LogP contribution is -2.50. The normalized spacial score (nSPS) is 26.4. The molecule has 2 fully saturated rings. The van der Waals surface area contributed by atoms with Crippen molar-refractivity contribution in [2.24, 2.45) is 0 Å². The van der Waals surface area contributed by atoms with Gasteiger partial charge in [-0.25, -0.2) is 8.42 Å². The quantitative estimate of drug-likeness (QED) is 0.843. The monoisotopic (exact) mass is 288 g/mol. The third kappa shape index (κ3) is 3.70. The van der Waals surface area contributed by atoms with E-state index in [0.717, 1.165) is 38.6 Å². The lowest BCUT2D eigenvalue weighted by Gasteiger charge is -2.34. The largest absolute Gasteiger partial charge is 0.313 e. The molecule has 0 amide bonds. The zero-order valence-electron chi connectivity index (χ0n) is 12.3. The lowest BCUT2D eigenvalue weighted by molar-refractivity contribution is 0.280. The maximum absolute atomic E-state index is 12.7. The third-order valence-electron chi connectivity index (χ3n) is 4.44. The van der Waals surface area contributed by atoms with E-state index in [1.54, 1.807) is 4.31 Å². The van der Waals surface area contributed by atoms with E-state index in [0.29, 0.717) is 12.6 Å². The molecule has 0 aromatic rings. The standard InChI is InChI=1S/C14H28N2O2S/c1-12(2)16(11-13-7-5-6-10-15-13)19(17,18)14-8-3-4-9-14/h12-15H,3-11H2,1-2H3. The number of piperidine rings is 1. The molecule has 1 saturated heterocycles. The van der Waals surface area contributed by atoms with E-state index in [4.69, 9.17) is 0 Å². The summed E-state index contributed by atoms with van der Waals surface area (Å²) in [6.07, 6.45) is 7.37. The average molecular weight is 288 g/mol. The Bertz CT molecular complexity index is 369. The number of rotatable bonds is 5. The number of hydrogen-bond acceptors (Lipinski definition) is 3. The highest BCUT2D eigenvalue weighted by Gasteiger charge is 2.36. The minimum atomic E-state index is -3.11. The van der Waals surface area contributed by atoms with Gasteiger partial charge in [-0.2, -0.15) is 4.31 Å². The van der Waals surface area contributed by atoms with Gasteiger partial charge >= 0.3 is 0 Å². The SMILES string of the molecule is CC(C)N(CC1CCCCN1)S(=O)(=O)C1CCCC1.